The van der Waals surface area contributed by atoms with Crippen LogP contribution in [0.3, 0.4) is 0 Å². The molecule has 4 rings (SSSR count). The van der Waals surface area contributed by atoms with E-state index < -0.39 is 0 Å². The maximum Gasteiger partial charge on any atom is 0.253 e. The van der Waals surface area contributed by atoms with Crippen molar-refractivity contribution in [3.8, 4) is 0 Å². The van der Waals surface area contributed by atoms with Crippen molar-refractivity contribution in [2.75, 3.05) is 26.2 Å². The topological polar surface area (TPSA) is 40.6 Å². The Hall–Kier alpha value is -2.27. The van der Waals surface area contributed by atoms with Gasteiger partial charge in [0.15, 0.2) is 0 Å². The van der Waals surface area contributed by atoms with Crippen LogP contribution in [-0.2, 0) is 11.2 Å². The predicted octanol–water partition coefficient (Wildman–Crippen LogP) is 2.69. The molecule has 0 bridgehead atoms. The van der Waals surface area contributed by atoms with Gasteiger partial charge in [-0.15, -0.1) is 11.8 Å². The Morgan fingerprint density at radius 1 is 0.840 bits per heavy atom. The van der Waals surface area contributed by atoms with Gasteiger partial charge < -0.3 is 9.80 Å². The summed E-state index contributed by atoms with van der Waals surface area (Å²) in [7, 11) is 0. The Labute approximate surface area is 151 Å². The van der Waals surface area contributed by atoms with Gasteiger partial charge in [0.1, 0.15) is 0 Å². The average Bonchev–Trinajstić information content (AvgIpc) is 3.12. The van der Waals surface area contributed by atoms with Crippen LogP contribution in [0.1, 0.15) is 15.9 Å². The normalized spacial score (nSPS) is 19.6. The highest BCUT2D eigenvalue weighted by Gasteiger charge is 2.33. The molecule has 1 fully saturated rings. The third kappa shape index (κ3) is 3.29. The molecule has 1 saturated heterocycles. The minimum atomic E-state index is -0.0197. The Morgan fingerprint density at radius 2 is 1.48 bits per heavy atom. The lowest BCUT2D eigenvalue weighted by molar-refractivity contribution is -0.132. The smallest absolute Gasteiger partial charge is 0.253 e. The van der Waals surface area contributed by atoms with E-state index >= 15 is 0 Å². The van der Waals surface area contributed by atoms with Crippen molar-refractivity contribution in [3.05, 3.63) is 65.7 Å². The van der Waals surface area contributed by atoms with Gasteiger partial charge in [-0.3, -0.25) is 9.59 Å². The quantitative estimate of drug-likeness (QED) is 0.834. The zero-order valence-corrected chi connectivity index (χ0v) is 14.7. The zero-order chi connectivity index (χ0) is 17.2. The Morgan fingerprint density at radius 3 is 2.20 bits per heavy atom. The van der Waals surface area contributed by atoms with E-state index in [1.54, 1.807) is 11.8 Å². The highest BCUT2D eigenvalue weighted by molar-refractivity contribution is 8.01. The molecule has 2 aromatic carbocycles. The summed E-state index contributed by atoms with van der Waals surface area (Å²) in [4.78, 5) is 30.3. The van der Waals surface area contributed by atoms with E-state index in [1.807, 2.05) is 52.3 Å². The van der Waals surface area contributed by atoms with Gasteiger partial charge in [-0.2, -0.15) is 0 Å². The summed E-state index contributed by atoms with van der Waals surface area (Å²) in [5.41, 5.74) is 1.98. The van der Waals surface area contributed by atoms with Crippen LogP contribution >= 0.6 is 11.8 Å². The second-order valence-corrected chi connectivity index (χ2v) is 7.65. The average molecular weight is 352 g/mol. The van der Waals surface area contributed by atoms with Gasteiger partial charge in [0.05, 0.1) is 5.25 Å². The maximum atomic E-state index is 12.8. The number of carbonyl (C=O) groups excluding carboxylic acids is 2. The molecule has 4 nitrogen and oxygen atoms in total. The molecule has 0 unspecified atom stereocenters. The molecule has 128 valence electrons. The van der Waals surface area contributed by atoms with Crippen LogP contribution in [0.25, 0.3) is 0 Å². The van der Waals surface area contributed by atoms with Crippen molar-refractivity contribution in [2.24, 2.45) is 0 Å². The lowest BCUT2D eigenvalue weighted by Crippen LogP contribution is -2.52. The molecule has 2 aromatic rings. The third-order valence-corrected chi connectivity index (χ3v) is 6.13. The summed E-state index contributed by atoms with van der Waals surface area (Å²) in [6, 6.07) is 17.6. The zero-order valence-electron chi connectivity index (χ0n) is 13.9. The van der Waals surface area contributed by atoms with Gasteiger partial charge in [-0.25, -0.2) is 0 Å². The number of hydrogen-bond donors (Lipinski definition) is 0. The number of fused-ring (bicyclic) bond motifs is 1. The first-order chi connectivity index (χ1) is 12.2. The first-order valence-electron chi connectivity index (χ1n) is 8.60. The number of hydrogen-bond acceptors (Lipinski definition) is 3. The SMILES string of the molecule is O=C(c1ccccc1)N1CCN(C(=O)[C@@H]2Cc3ccccc3S2)CC1. The summed E-state index contributed by atoms with van der Waals surface area (Å²) >= 11 is 1.67. The van der Waals surface area contributed by atoms with Gasteiger partial charge in [-0.1, -0.05) is 36.4 Å². The molecule has 1 atom stereocenters. The molecule has 0 spiro atoms. The van der Waals surface area contributed by atoms with Gasteiger partial charge in [0, 0.05) is 36.6 Å². The molecule has 0 saturated carbocycles. The molecule has 0 aromatic heterocycles. The Balaban J connectivity index is 1.35. The van der Waals surface area contributed by atoms with Crippen LogP contribution in [0.5, 0.6) is 0 Å². The van der Waals surface area contributed by atoms with Crippen LogP contribution in [0.4, 0.5) is 0 Å². The highest BCUT2D eigenvalue weighted by Crippen LogP contribution is 2.37. The van der Waals surface area contributed by atoms with Crippen molar-refractivity contribution < 1.29 is 9.59 Å². The number of thioether (sulfide) groups is 1. The van der Waals surface area contributed by atoms with Crippen LogP contribution in [-0.4, -0.2) is 53.0 Å². The molecule has 25 heavy (non-hydrogen) atoms. The lowest BCUT2D eigenvalue weighted by atomic mass is 10.1. The minimum absolute atomic E-state index is 0.0197. The van der Waals surface area contributed by atoms with Crippen molar-refractivity contribution in [1.82, 2.24) is 9.80 Å². The summed E-state index contributed by atoms with van der Waals surface area (Å²) in [6.07, 6.45) is 0.808. The van der Waals surface area contributed by atoms with Crippen LogP contribution in [0.2, 0.25) is 0 Å². The van der Waals surface area contributed by atoms with Crippen molar-refractivity contribution in [2.45, 2.75) is 16.6 Å². The molecular weight excluding hydrogens is 332 g/mol. The number of nitrogens with zero attached hydrogens (tertiary/aromatic N) is 2. The fourth-order valence-corrected chi connectivity index (χ4v) is 4.70. The standard InChI is InChI=1S/C20H20N2O2S/c23-19(15-6-2-1-3-7-15)21-10-12-22(13-11-21)20(24)18-14-16-8-4-5-9-17(16)25-18/h1-9,18H,10-14H2/t18-/m0/s1. The van der Waals surface area contributed by atoms with E-state index in [0.29, 0.717) is 31.7 Å². The number of benzene rings is 2. The van der Waals surface area contributed by atoms with E-state index in [-0.39, 0.29) is 17.1 Å². The number of amides is 2. The number of piperazine rings is 1. The second kappa shape index (κ2) is 6.92. The molecule has 5 heteroatoms. The molecule has 2 amide bonds. The van der Waals surface area contributed by atoms with Crippen LogP contribution in [0.15, 0.2) is 59.5 Å². The van der Waals surface area contributed by atoms with E-state index in [1.165, 1.54) is 10.5 Å². The monoisotopic (exact) mass is 352 g/mol. The molecule has 2 heterocycles. The first kappa shape index (κ1) is 16.2. The fourth-order valence-electron chi connectivity index (χ4n) is 3.42. The van der Waals surface area contributed by atoms with Crippen LogP contribution in [0, 0.1) is 0 Å². The minimum Gasteiger partial charge on any atom is -0.338 e. The van der Waals surface area contributed by atoms with Gasteiger partial charge >= 0.3 is 0 Å². The third-order valence-electron chi connectivity index (χ3n) is 4.82. The van der Waals surface area contributed by atoms with Gasteiger partial charge in [-0.05, 0) is 30.2 Å². The number of carbonyl (C=O) groups is 2. The van der Waals surface area contributed by atoms with Crippen molar-refractivity contribution >= 4 is 23.6 Å². The summed E-state index contributed by atoms with van der Waals surface area (Å²) in [6.45, 7) is 2.43. The fraction of sp³-hybridized carbons (Fsp3) is 0.300. The van der Waals surface area contributed by atoms with Gasteiger partial charge in [0.25, 0.3) is 5.91 Å². The Bertz CT molecular complexity index is 760. The van der Waals surface area contributed by atoms with E-state index in [0.717, 1.165) is 6.42 Å². The maximum absolute atomic E-state index is 12.8. The molecule has 0 radical (unpaired) electrons. The van der Waals surface area contributed by atoms with Gasteiger partial charge in [0.2, 0.25) is 5.91 Å². The largest absolute Gasteiger partial charge is 0.338 e. The lowest BCUT2D eigenvalue weighted by Gasteiger charge is -2.35. The first-order valence-corrected chi connectivity index (χ1v) is 9.48. The summed E-state index contributed by atoms with van der Waals surface area (Å²) in [5, 5.41) is -0.0197. The predicted molar refractivity (Wildman–Crippen MR) is 98.7 cm³/mol. The summed E-state index contributed by atoms with van der Waals surface area (Å²) in [5.74, 6) is 0.253. The molecule has 0 N–H and O–H groups in total. The van der Waals surface area contributed by atoms with E-state index in [9.17, 15) is 9.59 Å². The van der Waals surface area contributed by atoms with E-state index in [4.69, 9.17) is 0 Å². The highest BCUT2D eigenvalue weighted by atomic mass is 32.2. The van der Waals surface area contributed by atoms with Crippen molar-refractivity contribution in [3.63, 3.8) is 0 Å². The molecule has 2 aliphatic rings. The second-order valence-electron chi connectivity index (χ2n) is 6.40. The Kier molecular flexibility index (Phi) is 4.49. The molecular formula is C20H20N2O2S. The molecule has 2 aliphatic heterocycles. The van der Waals surface area contributed by atoms with Crippen molar-refractivity contribution in [1.29, 1.82) is 0 Å². The number of rotatable bonds is 2. The molecule has 0 aliphatic carbocycles. The van der Waals surface area contributed by atoms with Crippen LogP contribution < -0.4 is 0 Å². The van der Waals surface area contributed by atoms with E-state index in [2.05, 4.69) is 12.1 Å². The summed E-state index contributed by atoms with van der Waals surface area (Å²) < 4.78 is 0.